The maximum atomic E-state index is 13.9. The first-order chi connectivity index (χ1) is 14.2. The number of anilines is 2. The highest BCUT2D eigenvalue weighted by atomic mass is 32.2. The summed E-state index contributed by atoms with van der Waals surface area (Å²) in [4.78, 5) is 14.9. The highest BCUT2D eigenvalue weighted by Crippen LogP contribution is 2.31. The van der Waals surface area contributed by atoms with E-state index in [2.05, 4.69) is 10.2 Å². The molecule has 0 bridgehead atoms. The van der Waals surface area contributed by atoms with E-state index in [0.29, 0.717) is 5.69 Å². The molecule has 9 heteroatoms. The molecule has 3 rings (SSSR count). The summed E-state index contributed by atoms with van der Waals surface area (Å²) in [5, 5.41) is 2.74. The van der Waals surface area contributed by atoms with Crippen LogP contribution in [0.4, 0.5) is 15.8 Å². The van der Waals surface area contributed by atoms with Gasteiger partial charge in [-0.05, 0) is 55.7 Å². The van der Waals surface area contributed by atoms with Crippen LogP contribution >= 0.6 is 0 Å². The van der Waals surface area contributed by atoms with E-state index in [-0.39, 0.29) is 16.2 Å². The Morgan fingerprint density at radius 3 is 2.43 bits per heavy atom. The molecule has 7 nitrogen and oxygen atoms in total. The first-order valence-electron chi connectivity index (χ1n) is 9.70. The second kappa shape index (κ2) is 9.01. The summed E-state index contributed by atoms with van der Waals surface area (Å²) in [6, 6.07) is 8.48. The molecule has 1 aliphatic heterocycles. The molecular weight excluding hydrogens is 409 g/mol. The lowest BCUT2D eigenvalue weighted by atomic mass is 10.1. The predicted octanol–water partition coefficient (Wildman–Crippen LogP) is 3.33. The maximum Gasteiger partial charge on any atom is 0.255 e. The van der Waals surface area contributed by atoms with Crippen molar-refractivity contribution in [3.8, 4) is 5.75 Å². The fourth-order valence-corrected chi connectivity index (χ4v) is 4.50. The van der Waals surface area contributed by atoms with Crippen LogP contribution in [0.2, 0.25) is 0 Å². The number of nitrogens with zero attached hydrogens (tertiary/aromatic N) is 2. The topological polar surface area (TPSA) is 79.0 Å². The van der Waals surface area contributed by atoms with Crippen LogP contribution in [0.5, 0.6) is 5.75 Å². The number of sulfonamides is 1. The molecule has 0 atom stereocenters. The van der Waals surface area contributed by atoms with E-state index in [1.54, 1.807) is 6.07 Å². The minimum absolute atomic E-state index is 0.113. The molecule has 0 aromatic heterocycles. The van der Waals surface area contributed by atoms with Gasteiger partial charge in [0.15, 0.2) is 0 Å². The summed E-state index contributed by atoms with van der Waals surface area (Å²) in [5.41, 5.74) is 1.24. The van der Waals surface area contributed by atoms with E-state index < -0.39 is 21.7 Å². The molecule has 0 unspecified atom stereocenters. The zero-order valence-electron chi connectivity index (χ0n) is 17.3. The van der Waals surface area contributed by atoms with Crippen molar-refractivity contribution in [3.05, 3.63) is 47.8 Å². The molecule has 0 radical (unpaired) electrons. The van der Waals surface area contributed by atoms with Crippen molar-refractivity contribution in [2.75, 3.05) is 44.5 Å². The Morgan fingerprint density at radius 2 is 1.80 bits per heavy atom. The van der Waals surface area contributed by atoms with Gasteiger partial charge in [0, 0.05) is 32.7 Å². The number of methoxy groups -OCH3 is 1. The summed E-state index contributed by atoms with van der Waals surface area (Å²) < 4.78 is 45.3. The molecule has 1 heterocycles. The van der Waals surface area contributed by atoms with Gasteiger partial charge in [-0.3, -0.25) is 4.79 Å². The average Bonchev–Trinajstić information content (AvgIpc) is 2.73. The number of piperidine rings is 1. The molecule has 2 aromatic carbocycles. The Bertz CT molecular complexity index is 1030. The molecule has 162 valence electrons. The second-order valence-corrected chi connectivity index (χ2v) is 9.44. The summed E-state index contributed by atoms with van der Waals surface area (Å²) in [6.45, 7) is 1.67. The quantitative estimate of drug-likeness (QED) is 0.753. The van der Waals surface area contributed by atoms with Crippen LogP contribution in [-0.2, 0) is 10.0 Å². The van der Waals surface area contributed by atoms with Gasteiger partial charge in [0.25, 0.3) is 5.91 Å². The number of hydrogen-bond acceptors (Lipinski definition) is 5. The smallest absolute Gasteiger partial charge is 0.255 e. The summed E-state index contributed by atoms with van der Waals surface area (Å²) in [6.07, 6.45) is 3.22. The molecule has 0 aliphatic carbocycles. The molecule has 1 N–H and O–H groups in total. The van der Waals surface area contributed by atoms with Gasteiger partial charge < -0.3 is 15.0 Å². The Morgan fingerprint density at radius 1 is 1.10 bits per heavy atom. The number of ether oxygens (including phenoxy) is 1. The van der Waals surface area contributed by atoms with Gasteiger partial charge in [0.1, 0.15) is 16.5 Å². The van der Waals surface area contributed by atoms with E-state index in [4.69, 9.17) is 4.74 Å². The highest BCUT2D eigenvalue weighted by molar-refractivity contribution is 7.89. The second-order valence-electron chi connectivity index (χ2n) is 7.32. The lowest BCUT2D eigenvalue weighted by Gasteiger charge is -2.30. The first-order valence-corrected chi connectivity index (χ1v) is 11.1. The minimum atomic E-state index is -3.82. The third-order valence-corrected chi connectivity index (χ3v) is 6.92. The molecule has 1 saturated heterocycles. The fraction of sp³-hybridized carbons (Fsp3) is 0.381. The number of carbonyl (C=O) groups excluding carboxylic acids is 1. The highest BCUT2D eigenvalue weighted by Gasteiger charge is 2.24. The number of hydrogen-bond donors (Lipinski definition) is 1. The third kappa shape index (κ3) is 4.57. The van der Waals surface area contributed by atoms with Crippen LogP contribution in [0, 0.1) is 5.82 Å². The number of rotatable bonds is 6. The van der Waals surface area contributed by atoms with Gasteiger partial charge in [0.05, 0.1) is 18.5 Å². The molecule has 0 spiro atoms. The van der Waals surface area contributed by atoms with Crippen molar-refractivity contribution < 1.29 is 22.3 Å². The van der Waals surface area contributed by atoms with Crippen LogP contribution < -0.4 is 15.0 Å². The lowest BCUT2D eigenvalue weighted by Crippen LogP contribution is -2.30. The van der Waals surface area contributed by atoms with E-state index in [1.165, 1.54) is 51.5 Å². The lowest BCUT2D eigenvalue weighted by molar-refractivity contribution is 0.102. The van der Waals surface area contributed by atoms with Gasteiger partial charge in [-0.2, -0.15) is 0 Å². The summed E-state index contributed by atoms with van der Waals surface area (Å²) in [5.74, 6) is -0.853. The largest absolute Gasteiger partial charge is 0.495 e. The van der Waals surface area contributed by atoms with Crippen LogP contribution in [0.1, 0.15) is 29.6 Å². The number of carbonyl (C=O) groups is 1. The predicted molar refractivity (Wildman–Crippen MR) is 114 cm³/mol. The van der Waals surface area contributed by atoms with Crippen molar-refractivity contribution in [1.82, 2.24) is 4.31 Å². The Labute approximate surface area is 176 Å². The first kappa shape index (κ1) is 22.0. The number of halogens is 1. The van der Waals surface area contributed by atoms with E-state index in [9.17, 15) is 17.6 Å². The zero-order valence-corrected chi connectivity index (χ0v) is 18.1. The van der Waals surface area contributed by atoms with Gasteiger partial charge >= 0.3 is 0 Å². The molecule has 1 amide bonds. The number of benzene rings is 2. The molecule has 2 aromatic rings. The fourth-order valence-electron chi connectivity index (χ4n) is 3.43. The normalized spacial score (nSPS) is 14.6. The van der Waals surface area contributed by atoms with Crippen molar-refractivity contribution >= 4 is 27.3 Å². The Balaban J connectivity index is 1.94. The van der Waals surface area contributed by atoms with E-state index in [1.807, 2.05) is 0 Å². The molecule has 1 fully saturated rings. The zero-order chi connectivity index (χ0) is 21.9. The Hall–Kier alpha value is -2.65. The number of nitrogens with one attached hydrogen (secondary N) is 1. The summed E-state index contributed by atoms with van der Waals surface area (Å²) in [7, 11) is 0.346. The van der Waals surface area contributed by atoms with Gasteiger partial charge in [-0.1, -0.05) is 0 Å². The average molecular weight is 436 g/mol. The van der Waals surface area contributed by atoms with E-state index in [0.717, 1.165) is 42.3 Å². The van der Waals surface area contributed by atoms with Gasteiger partial charge in [0.2, 0.25) is 10.0 Å². The maximum absolute atomic E-state index is 13.9. The minimum Gasteiger partial charge on any atom is -0.495 e. The van der Waals surface area contributed by atoms with Gasteiger partial charge in [-0.25, -0.2) is 17.1 Å². The van der Waals surface area contributed by atoms with Crippen LogP contribution in [0.3, 0.4) is 0 Å². The van der Waals surface area contributed by atoms with Gasteiger partial charge in [-0.15, -0.1) is 0 Å². The molecule has 0 saturated carbocycles. The molecular formula is C21H26FN3O4S. The third-order valence-electron chi connectivity index (χ3n) is 5.09. The van der Waals surface area contributed by atoms with Crippen molar-refractivity contribution in [2.24, 2.45) is 0 Å². The van der Waals surface area contributed by atoms with E-state index >= 15 is 0 Å². The Kier molecular flexibility index (Phi) is 6.62. The summed E-state index contributed by atoms with van der Waals surface area (Å²) >= 11 is 0. The molecule has 30 heavy (non-hydrogen) atoms. The van der Waals surface area contributed by atoms with Crippen LogP contribution in [-0.4, -0.2) is 52.9 Å². The van der Waals surface area contributed by atoms with Crippen molar-refractivity contribution in [3.63, 3.8) is 0 Å². The monoisotopic (exact) mass is 435 g/mol. The van der Waals surface area contributed by atoms with Crippen molar-refractivity contribution in [1.29, 1.82) is 0 Å². The van der Waals surface area contributed by atoms with Crippen molar-refractivity contribution in [2.45, 2.75) is 24.2 Å². The SMILES string of the molecule is COc1ccc(C(=O)Nc2cc(F)ccc2N2CCCCC2)cc1S(=O)(=O)N(C)C. The van der Waals surface area contributed by atoms with Crippen LogP contribution in [0.25, 0.3) is 0 Å². The standard InChI is InChI=1S/C21H26FN3O4S/c1-24(2)30(27,28)20-13-15(7-10-19(20)29-3)21(26)23-17-14-16(22)8-9-18(17)25-11-5-4-6-12-25/h7-10,13-14H,4-6,11-12H2,1-3H3,(H,23,26). The number of amides is 1. The van der Waals surface area contributed by atoms with Crippen LogP contribution in [0.15, 0.2) is 41.3 Å². The molecule has 1 aliphatic rings.